The van der Waals surface area contributed by atoms with Crippen molar-refractivity contribution < 1.29 is 4.79 Å². The molecule has 1 saturated carbocycles. The lowest BCUT2D eigenvalue weighted by Crippen LogP contribution is -2.37. The third kappa shape index (κ3) is 4.17. The van der Waals surface area contributed by atoms with E-state index in [9.17, 15) is 9.59 Å². The molecule has 7 nitrogen and oxygen atoms in total. The van der Waals surface area contributed by atoms with E-state index in [1.54, 1.807) is 4.57 Å². The van der Waals surface area contributed by atoms with Gasteiger partial charge in [0.1, 0.15) is 0 Å². The number of fused-ring (bicyclic) bond motifs is 3. The molecule has 0 atom stereocenters. The number of unbranched alkanes of at least 4 members (excludes halogenated alkanes) is 1. The van der Waals surface area contributed by atoms with Crippen LogP contribution in [0.4, 0.5) is 0 Å². The van der Waals surface area contributed by atoms with Crippen molar-refractivity contribution in [2.24, 2.45) is 0 Å². The Balaban J connectivity index is 1.62. The van der Waals surface area contributed by atoms with Crippen LogP contribution >= 0.6 is 11.8 Å². The van der Waals surface area contributed by atoms with E-state index in [1.165, 1.54) is 31.0 Å². The minimum Gasteiger partial charge on any atom is -0.353 e. The van der Waals surface area contributed by atoms with Crippen molar-refractivity contribution in [2.45, 2.75) is 69.6 Å². The first-order valence-corrected chi connectivity index (χ1v) is 11.5. The summed E-state index contributed by atoms with van der Waals surface area (Å²) in [5, 5.41) is 13.0. The molecule has 154 valence electrons. The average molecular weight is 414 g/mol. The maximum Gasteiger partial charge on any atom is 0.262 e. The molecule has 4 rings (SSSR count). The van der Waals surface area contributed by atoms with Crippen LogP contribution in [0, 0.1) is 0 Å². The van der Waals surface area contributed by atoms with E-state index in [0.717, 1.165) is 31.2 Å². The highest BCUT2D eigenvalue weighted by Crippen LogP contribution is 2.22. The number of nitrogens with zero attached hydrogens (tertiary/aromatic N) is 4. The summed E-state index contributed by atoms with van der Waals surface area (Å²) in [6.45, 7) is 2.70. The van der Waals surface area contributed by atoms with Gasteiger partial charge in [0.05, 0.1) is 16.7 Å². The van der Waals surface area contributed by atoms with E-state index in [-0.39, 0.29) is 11.5 Å². The maximum atomic E-state index is 13.0. The van der Waals surface area contributed by atoms with Crippen molar-refractivity contribution in [1.29, 1.82) is 0 Å². The van der Waals surface area contributed by atoms with Crippen molar-refractivity contribution in [3.05, 3.63) is 34.6 Å². The second-order valence-corrected chi connectivity index (χ2v) is 8.58. The standard InChI is InChI=1S/C21H27N5O2S/c1-2-3-13-25-19(28)16-11-7-8-12-17(16)26-20(25)23-24-21(26)29-14-18(27)22-15-9-5-4-6-10-15/h7-8,11-12,15H,2-6,9-10,13-14H2,1H3,(H,22,27). The van der Waals surface area contributed by atoms with E-state index in [2.05, 4.69) is 22.4 Å². The van der Waals surface area contributed by atoms with Gasteiger partial charge in [-0.05, 0) is 31.4 Å². The van der Waals surface area contributed by atoms with Crippen LogP contribution in [-0.2, 0) is 11.3 Å². The minimum absolute atomic E-state index is 0.0299. The second kappa shape index (κ2) is 8.98. The highest BCUT2D eigenvalue weighted by atomic mass is 32.2. The van der Waals surface area contributed by atoms with Gasteiger partial charge < -0.3 is 5.32 Å². The van der Waals surface area contributed by atoms with Gasteiger partial charge in [0.15, 0.2) is 5.16 Å². The zero-order valence-electron chi connectivity index (χ0n) is 16.8. The summed E-state index contributed by atoms with van der Waals surface area (Å²) in [7, 11) is 0. The zero-order valence-corrected chi connectivity index (χ0v) is 17.6. The first-order chi connectivity index (χ1) is 14.2. The zero-order chi connectivity index (χ0) is 20.2. The Morgan fingerprint density at radius 2 is 2.00 bits per heavy atom. The number of carbonyl (C=O) groups excluding carboxylic acids is 1. The molecule has 0 unspecified atom stereocenters. The van der Waals surface area contributed by atoms with Gasteiger partial charge in [0, 0.05) is 12.6 Å². The van der Waals surface area contributed by atoms with Crippen molar-refractivity contribution in [3.63, 3.8) is 0 Å². The number of nitrogens with one attached hydrogen (secondary N) is 1. The number of rotatable bonds is 7. The molecule has 2 heterocycles. The molecule has 2 aromatic heterocycles. The van der Waals surface area contributed by atoms with E-state index >= 15 is 0 Å². The molecule has 1 N–H and O–H groups in total. The Morgan fingerprint density at radius 1 is 1.21 bits per heavy atom. The van der Waals surface area contributed by atoms with Gasteiger partial charge in [-0.3, -0.25) is 18.6 Å². The molecule has 1 amide bonds. The Morgan fingerprint density at radius 3 is 2.79 bits per heavy atom. The summed E-state index contributed by atoms with van der Waals surface area (Å²) in [6.07, 6.45) is 7.66. The third-order valence-corrected chi connectivity index (χ3v) is 6.45. The van der Waals surface area contributed by atoms with Crippen molar-refractivity contribution in [1.82, 2.24) is 24.5 Å². The predicted molar refractivity (Wildman–Crippen MR) is 115 cm³/mol. The predicted octanol–water partition coefficient (Wildman–Crippen LogP) is 3.39. The normalized spacial score (nSPS) is 15.2. The average Bonchev–Trinajstić information content (AvgIpc) is 3.17. The molecule has 8 heteroatoms. The lowest BCUT2D eigenvalue weighted by Gasteiger charge is -2.22. The van der Waals surface area contributed by atoms with Gasteiger partial charge in [-0.15, -0.1) is 10.2 Å². The number of hydrogen-bond donors (Lipinski definition) is 1. The number of hydrogen-bond acceptors (Lipinski definition) is 5. The summed E-state index contributed by atoms with van der Waals surface area (Å²) in [5.74, 6) is 0.860. The molecular formula is C21H27N5O2S. The second-order valence-electron chi connectivity index (χ2n) is 7.64. The smallest absolute Gasteiger partial charge is 0.262 e. The Bertz CT molecular complexity index is 1070. The first kappa shape index (κ1) is 19.9. The lowest BCUT2D eigenvalue weighted by molar-refractivity contribution is -0.119. The SMILES string of the molecule is CCCCn1c(=O)c2ccccc2n2c(SCC(=O)NC3CCCCC3)nnc12. The summed E-state index contributed by atoms with van der Waals surface area (Å²) in [5.41, 5.74) is 0.737. The fourth-order valence-corrected chi connectivity index (χ4v) is 4.74. The molecule has 29 heavy (non-hydrogen) atoms. The fourth-order valence-electron chi connectivity index (χ4n) is 3.99. The fraction of sp³-hybridized carbons (Fsp3) is 0.524. The molecule has 3 aromatic rings. The molecular weight excluding hydrogens is 386 g/mol. The number of amides is 1. The number of aryl methyl sites for hydroxylation is 1. The largest absolute Gasteiger partial charge is 0.353 e. The molecule has 0 spiro atoms. The van der Waals surface area contributed by atoms with Crippen molar-refractivity contribution in [3.8, 4) is 0 Å². The molecule has 0 radical (unpaired) electrons. The van der Waals surface area contributed by atoms with Crippen LogP contribution in [0.3, 0.4) is 0 Å². The van der Waals surface area contributed by atoms with Crippen LogP contribution < -0.4 is 10.9 Å². The molecule has 0 aliphatic heterocycles. The Labute approximate surface area is 173 Å². The Hall–Kier alpha value is -2.35. The van der Waals surface area contributed by atoms with Gasteiger partial charge >= 0.3 is 0 Å². The van der Waals surface area contributed by atoms with Crippen LogP contribution in [0.2, 0.25) is 0 Å². The van der Waals surface area contributed by atoms with Gasteiger partial charge in [-0.2, -0.15) is 0 Å². The van der Waals surface area contributed by atoms with Gasteiger partial charge in [0.2, 0.25) is 11.7 Å². The molecule has 1 aliphatic carbocycles. The summed E-state index contributed by atoms with van der Waals surface area (Å²) >= 11 is 1.37. The minimum atomic E-state index is -0.0412. The quantitative estimate of drug-likeness (QED) is 0.601. The lowest BCUT2D eigenvalue weighted by atomic mass is 9.95. The van der Waals surface area contributed by atoms with Gasteiger partial charge in [-0.1, -0.05) is 56.5 Å². The summed E-state index contributed by atoms with van der Waals surface area (Å²) in [4.78, 5) is 25.4. The van der Waals surface area contributed by atoms with E-state index < -0.39 is 0 Å². The van der Waals surface area contributed by atoms with Crippen LogP contribution in [0.1, 0.15) is 51.9 Å². The third-order valence-electron chi connectivity index (χ3n) is 5.52. The molecule has 1 aromatic carbocycles. The number of para-hydroxylation sites is 1. The van der Waals surface area contributed by atoms with E-state index in [0.29, 0.717) is 34.7 Å². The van der Waals surface area contributed by atoms with Crippen molar-refractivity contribution in [2.75, 3.05) is 5.75 Å². The van der Waals surface area contributed by atoms with Crippen LogP contribution in [0.15, 0.2) is 34.2 Å². The summed E-state index contributed by atoms with van der Waals surface area (Å²) < 4.78 is 3.61. The summed E-state index contributed by atoms with van der Waals surface area (Å²) in [6, 6.07) is 7.82. The number of aromatic nitrogens is 4. The molecule has 0 saturated heterocycles. The highest BCUT2D eigenvalue weighted by Gasteiger charge is 2.19. The van der Waals surface area contributed by atoms with Crippen LogP contribution in [-0.4, -0.2) is 36.9 Å². The number of thioether (sulfide) groups is 1. The van der Waals surface area contributed by atoms with E-state index in [4.69, 9.17) is 0 Å². The molecule has 0 bridgehead atoms. The number of benzene rings is 1. The van der Waals surface area contributed by atoms with Crippen LogP contribution in [0.25, 0.3) is 16.7 Å². The maximum absolute atomic E-state index is 13.0. The van der Waals surface area contributed by atoms with Crippen molar-refractivity contribution >= 4 is 34.3 Å². The highest BCUT2D eigenvalue weighted by molar-refractivity contribution is 7.99. The van der Waals surface area contributed by atoms with Gasteiger partial charge in [0.25, 0.3) is 5.56 Å². The van der Waals surface area contributed by atoms with Gasteiger partial charge in [-0.25, -0.2) is 0 Å². The monoisotopic (exact) mass is 413 g/mol. The van der Waals surface area contributed by atoms with Crippen LogP contribution in [0.5, 0.6) is 0 Å². The topological polar surface area (TPSA) is 81.3 Å². The first-order valence-electron chi connectivity index (χ1n) is 10.5. The Kier molecular flexibility index (Phi) is 6.18. The number of carbonyl (C=O) groups is 1. The molecule has 1 fully saturated rings. The van der Waals surface area contributed by atoms with E-state index in [1.807, 2.05) is 28.7 Å². The molecule has 1 aliphatic rings.